The second-order valence-electron chi connectivity index (χ2n) is 1.99. The van der Waals surface area contributed by atoms with E-state index in [9.17, 15) is 4.79 Å². The van der Waals surface area contributed by atoms with E-state index in [2.05, 4.69) is 0 Å². The van der Waals surface area contributed by atoms with Crippen LogP contribution >= 0.6 is 0 Å². The topological polar surface area (TPSA) is 37.3 Å². The summed E-state index contributed by atoms with van der Waals surface area (Å²) >= 11 is 0. The van der Waals surface area contributed by atoms with Crippen LogP contribution in [0, 0.1) is 0 Å². The van der Waals surface area contributed by atoms with Gasteiger partial charge in [0.05, 0.1) is 6.26 Å². The molecule has 2 heteroatoms. The van der Waals surface area contributed by atoms with Crippen LogP contribution in [0.25, 0.3) is 0 Å². The highest BCUT2D eigenvalue weighted by molar-refractivity contribution is 5.99. The van der Waals surface area contributed by atoms with Gasteiger partial charge in [-0.2, -0.15) is 0 Å². The number of rotatable bonds is 4. The summed E-state index contributed by atoms with van der Waals surface area (Å²) in [4.78, 5) is 10.7. The van der Waals surface area contributed by atoms with E-state index in [1.807, 2.05) is 25.2 Å². The van der Waals surface area contributed by atoms with Crippen molar-refractivity contribution < 1.29 is 9.90 Å². The molecule has 1 N–H and O–H groups in total. The molecule has 0 rings (SSSR count). The van der Waals surface area contributed by atoms with Gasteiger partial charge in [-0.1, -0.05) is 30.4 Å². The number of hydrogen-bond acceptors (Lipinski definition) is 2. The van der Waals surface area contributed by atoms with E-state index in [1.165, 1.54) is 6.08 Å². The molecule has 0 aromatic carbocycles. The molecule has 0 bridgehead atoms. The second kappa shape index (κ2) is 7.54. The number of aliphatic hydroxyl groups excluding tert-OH is 1. The van der Waals surface area contributed by atoms with Crippen molar-refractivity contribution in [3.8, 4) is 0 Å². The zero-order chi connectivity index (χ0) is 9.23. The predicted octanol–water partition coefficient (Wildman–Crippen LogP) is 2.32. The van der Waals surface area contributed by atoms with Crippen LogP contribution in [0.1, 0.15) is 6.92 Å². The second-order valence-corrected chi connectivity index (χ2v) is 1.99. The third-order valence-corrected chi connectivity index (χ3v) is 1.03. The largest absolute Gasteiger partial charge is 0.515 e. The summed E-state index contributed by atoms with van der Waals surface area (Å²) in [7, 11) is 0. The van der Waals surface area contributed by atoms with Gasteiger partial charge in [-0.25, -0.2) is 0 Å². The number of carbonyl (C=O) groups excluding carboxylic acids is 1. The molecule has 0 aliphatic heterocycles. The number of aliphatic hydroxyl groups is 1. The monoisotopic (exact) mass is 164 g/mol. The smallest absolute Gasteiger partial charge is 0.181 e. The summed E-state index contributed by atoms with van der Waals surface area (Å²) in [5, 5.41) is 8.21. The Hall–Kier alpha value is -1.57. The van der Waals surface area contributed by atoms with E-state index < -0.39 is 0 Å². The molecule has 0 aliphatic carbocycles. The van der Waals surface area contributed by atoms with Gasteiger partial charge in [-0.3, -0.25) is 4.79 Å². The maximum Gasteiger partial charge on any atom is 0.181 e. The number of carbonyl (C=O) groups is 1. The Kier molecular flexibility index (Phi) is 6.55. The Morgan fingerprint density at radius 1 is 1.08 bits per heavy atom. The number of hydrogen-bond donors (Lipinski definition) is 1. The SMILES string of the molecule is C/C=C/C=C/C=C/C(=O)/C=C\O. The molecule has 0 fully saturated rings. The van der Waals surface area contributed by atoms with Crippen molar-refractivity contribution in [2.24, 2.45) is 0 Å². The summed E-state index contributed by atoms with van der Waals surface area (Å²) in [6, 6.07) is 0. The maximum atomic E-state index is 10.7. The molecule has 12 heavy (non-hydrogen) atoms. The van der Waals surface area contributed by atoms with Gasteiger partial charge in [0.25, 0.3) is 0 Å². The molecule has 0 saturated carbocycles. The van der Waals surface area contributed by atoms with Gasteiger partial charge in [0.15, 0.2) is 5.78 Å². The van der Waals surface area contributed by atoms with Crippen LogP contribution in [0.2, 0.25) is 0 Å². The normalized spacial score (nSPS) is 12.8. The quantitative estimate of drug-likeness (QED) is 0.393. The highest BCUT2D eigenvalue weighted by Crippen LogP contribution is 1.82. The van der Waals surface area contributed by atoms with Gasteiger partial charge < -0.3 is 5.11 Å². The zero-order valence-corrected chi connectivity index (χ0v) is 6.97. The van der Waals surface area contributed by atoms with Crippen LogP contribution in [0.15, 0.2) is 48.8 Å². The first-order valence-corrected chi connectivity index (χ1v) is 3.62. The summed E-state index contributed by atoms with van der Waals surface area (Å²) in [5.41, 5.74) is 0. The third-order valence-electron chi connectivity index (χ3n) is 1.03. The van der Waals surface area contributed by atoms with E-state index in [-0.39, 0.29) is 5.78 Å². The van der Waals surface area contributed by atoms with Crippen molar-refractivity contribution in [1.29, 1.82) is 0 Å². The van der Waals surface area contributed by atoms with E-state index >= 15 is 0 Å². The van der Waals surface area contributed by atoms with Crippen molar-refractivity contribution >= 4 is 5.78 Å². The molecule has 0 radical (unpaired) electrons. The highest BCUT2D eigenvalue weighted by Gasteiger charge is 1.83. The first-order chi connectivity index (χ1) is 5.81. The Bertz CT molecular complexity index is 232. The minimum Gasteiger partial charge on any atom is -0.515 e. The lowest BCUT2D eigenvalue weighted by Gasteiger charge is -1.77. The lowest BCUT2D eigenvalue weighted by molar-refractivity contribution is -0.110. The van der Waals surface area contributed by atoms with Crippen molar-refractivity contribution in [2.75, 3.05) is 0 Å². The molecule has 0 unspecified atom stereocenters. The third kappa shape index (κ3) is 6.55. The van der Waals surface area contributed by atoms with Crippen LogP contribution in [-0.4, -0.2) is 10.9 Å². The van der Waals surface area contributed by atoms with E-state index in [0.717, 1.165) is 12.3 Å². The fourth-order valence-corrected chi connectivity index (χ4v) is 0.519. The molecule has 2 nitrogen and oxygen atoms in total. The van der Waals surface area contributed by atoms with E-state index in [4.69, 9.17) is 5.11 Å². The number of ketones is 1. The van der Waals surface area contributed by atoms with Crippen molar-refractivity contribution in [2.45, 2.75) is 6.92 Å². The molecule has 0 atom stereocenters. The molecule has 0 heterocycles. The zero-order valence-electron chi connectivity index (χ0n) is 6.97. The lowest BCUT2D eigenvalue weighted by atomic mass is 10.3. The molecule has 0 spiro atoms. The molecular weight excluding hydrogens is 152 g/mol. The molecule has 64 valence electrons. The van der Waals surface area contributed by atoms with Crippen LogP contribution < -0.4 is 0 Å². The Balaban J connectivity index is 3.83. The van der Waals surface area contributed by atoms with Gasteiger partial charge in [0.1, 0.15) is 0 Å². The Labute approximate surface area is 72.2 Å². The van der Waals surface area contributed by atoms with Crippen molar-refractivity contribution in [1.82, 2.24) is 0 Å². The molecule has 0 aromatic rings. The van der Waals surface area contributed by atoms with Gasteiger partial charge in [0.2, 0.25) is 0 Å². The molecule has 0 amide bonds. The molecule has 0 aliphatic rings. The summed E-state index contributed by atoms with van der Waals surface area (Å²) in [6.07, 6.45) is 12.1. The van der Waals surface area contributed by atoms with Gasteiger partial charge in [-0.05, 0) is 13.0 Å². The lowest BCUT2D eigenvalue weighted by Crippen LogP contribution is -1.82. The minimum absolute atomic E-state index is 0.234. The van der Waals surface area contributed by atoms with Crippen LogP contribution in [-0.2, 0) is 4.79 Å². The maximum absolute atomic E-state index is 10.7. The Morgan fingerprint density at radius 3 is 2.33 bits per heavy atom. The fourth-order valence-electron chi connectivity index (χ4n) is 0.519. The minimum atomic E-state index is -0.234. The molecule has 0 saturated heterocycles. The Morgan fingerprint density at radius 2 is 1.75 bits per heavy atom. The predicted molar refractivity (Wildman–Crippen MR) is 49.9 cm³/mol. The van der Waals surface area contributed by atoms with Crippen LogP contribution in [0.3, 0.4) is 0 Å². The van der Waals surface area contributed by atoms with Gasteiger partial charge in [-0.15, -0.1) is 0 Å². The van der Waals surface area contributed by atoms with E-state index in [0.29, 0.717) is 0 Å². The fraction of sp³-hybridized carbons (Fsp3) is 0.100. The van der Waals surface area contributed by atoms with Crippen molar-refractivity contribution in [3.63, 3.8) is 0 Å². The standard InChI is InChI=1S/C10H12O2/c1-2-3-4-5-6-7-10(12)8-9-11/h2-9,11H,1H3/b3-2+,5-4+,7-6+,9-8-. The highest BCUT2D eigenvalue weighted by atomic mass is 16.2. The molecular formula is C10H12O2. The van der Waals surface area contributed by atoms with Gasteiger partial charge in [0, 0.05) is 6.08 Å². The average molecular weight is 164 g/mol. The number of allylic oxidation sites excluding steroid dienone is 7. The van der Waals surface area contributed by atoms with Crippen LogP contribution in [0.4, 0.5) is 0 Å². The summed E-state index contributed by atoms with van der Waals surface area (Å²) in [6.45, 7) is 1.91. The molecule has 0 aromatic heterocycles. The van der Waals surface area contributed by atoms with Gasteiger partial charge >= 0.3 is 0 Å². The van der Waals surface area contributed by atoms with E-state index in [1.54, 1.807) is 12.2 Å². The van der Waals surface area contributed by atoms with Crippen molar-refractivity contribution in [3.05, 3.63) is 48.8 Å². The first kappa shape index (κ1) is 10.4. The average Bonchev–Trinajstić information content (AvgIpc) is 2.05. The summed E-state index contributed by atoms with van der Waals surface area (Å²) < 4.78 is 0. The van der Waals surface area contributed by atoms with Crippen LogP contribution in [0.5, 0.6) is 0 Å². The summed E-state index contributed by atoms with van der Waals surface area (Å²) in [5.74, 6) is -0.234. The first-order valence-electron chi connectivity index (χ1n) is 3.62.